The Hall–Kier alpha value is -3.37. The van der Waals surface area contributed by atoms with Gasteiger partial charge < -0.3 is 31.1 Å². The fourth-order valence-corrected chi connectivity index (χ4v) is 5.84. The van der Waals surface area contributed by atoms with Crippen molar-refractivity contribution in [2.75, 3.05) is 26.7 Å². The average molecular weight is 623 g/mol. The molecule has 0 heterocycles. The molecule has 1 aromatic rings. The Morgan fingerprint density at radius 1 is 1.00 bits per heavy atom. The van der Waals surface area contributed by atoms with Crippen molar-refractivity contribution in [3.05, 3.63) is 35.9 Å². The SMILES string of the molecule is C#CCC[C@H](NC(=O)C(CC(=O)N(C)CCNCCC)Cc1ccccc1)C(=O)NC(CC1CCCCC1)[C@@H](O)C(O)CC#C. The molecule has 2 rings (SSSR count). The van der Waals surface area contributed by atoms with E-state index >= 15 is 0 Å². The number of benzene rings is 1. The molecule has 1 saturated carbocycles. The first-order valence-corrected chi connectivity index (χ1v) is 16.5. The van der Waals surface area contributed by atoms with Gasteiger partial charge in [-0.3, -0.25) is 14.4 Å². The van der Waals surface area contributed by atoms with Crippen molar-refractivity contribution < 1.29 is 24.6 Å². The molecule has 5 atom stereocenters. The topological polar surface area (TPSA) is 131 Å². The van der Waals surface area contributed by atoms with Gasteiger partial charge in [-0.1, -0.05) is 69.4 Å². The maximum atomic E-state index is 13.8. The Kier molecular flexibility index (Phi) is 18.0. The minimum absolute atomic E-state index is 0.0181. The number of terminal acetylenes is 2. The van der Waals surface area contributed by atoms with Crippen LogP contribution in [0.3, 0.4) is 0 Å². The van der Waals surface area contributed by atoms with Crippen LogP contribution in [0.25, 0.3) is 0 Å². The van der Waals surface area contributed by atoms with Crippen molar-refractivity contribution >= 4 is 17.7 Å². The second-order valence-corrected chi connectivity index (χ2v) is 12.3. The quantitative estimate of drug-likeness (QED) is 0.112. The number of carbonyl (C=O) groups is 3. The highest BCUT2D eigenvalue weighted by Gasteiger charge is 2.33. The van der Waals surface area contributed by atoms with Gasteiger partial charge in [-0.15, -0.1) is 24.7 Å². The Morgan fingerprint density at radius 3 is 2.36 bits per heavy atom. The third-order valence-electron chi connectivity index (χ3n) is 8.58. The van der Waals surface area contributed by atoms with E-state index in [9.17, 15) is 24.6 Å². The highest BCUT2D eigenvalue weighted by Crippen LogP contribution is 2.28. The summed E-state index contributed by atoms with van der Waals surface area (Å²) >= 11 is 0. The third-order valence-corrected chi connectivity index (χ3v) is 8.58. The molecule has 9 nitrogen and oxygen atoms in total. The number of likely N-dealkylation sites (N-methyl/N-ethyl adjacent to an activating group) is 1. The summed E-state index contributed by atoms with van der Waals surface area (Å²) in [5.74, 6) is 3.43. The molecule has 0 radical (unpaired) electrons. The van der Waals surface area contributed by atoms with Crippen LogP contribution >= 0.6 is 0 Å². The number of aliphatic hydroxyl groups is 2. The van der Waals surface area contributed by atoms with Gasteiger partial charge in [0.1, 0.15) is 12.1 Å². The van der Waals surface area contributed by atoms with Crippen LogP contribution in [0.15, 0.2) is 30.3 Å². The van der Waals surface area contributed by atoms with Gasteiger partial charge in [0.15, 0.2) is 0 Å². The molecule has 0 aromatic heterocycles. The highest BCUT2D eigenvalue weighted by atomic mass is 16.3. The molecule has 0 aliphatic heterocycles. The Balaban J connectivity index is 2.21. The van der Waals surface area contributed by atoms with Crippen LogP contribution in [0.2, 0.25) is 0 Å². The van der Waals surface area contributed by atoms with Crippen LogP contribution in [0, 0.1) is 36.5 Å². The predicted molar refractivity (Wildman–Crippen MR) is 178 cm³/mol. The minimum Gasteiger partial charge on any atom is -0.389 e. The predicted octanol–water partition coefficient (Wildman–Crippen LogP) is 2.79. The van der Waals surface area contributed by atoms with Crippen LogP contribution in [-0.4, -0.2) is 83.8 Å². The van der Waals surface area contributed by atoms with Gasteiger partial charge in [0.05, 0.1) is 18.1 Å². The number of aliphatic hydroxyl groups excluding tert-OH is 2. The molecule has 1 aliphatic rings. The first kappa shape index (κ1) is 37.8. The number of rotatable bonds is 20. The molecule has 5 N–H and O–H groups in total. The molecule has 45 heavy (non-hydrogen) atoms. The lowest BCUT2D eigenvalue weighted by molar-refractivity contribution is -0.137. The van der Waals surface area contributed by atoms with Crippen LogP contribution in [0.4, 0.5) is 0 Å². The number of hydrogen-bond acceptors (Lipinski definition) is 6. The summed E-state index contributed by atoms with van der Waals surface area (Å²) in [6.07, 6.45) is 15.9. The van der Waals surface area contributed by atoms with E-state index in [1.165, 1.54) is 0 Å². The fraction of sp³-hybridized carbons (Fsp3) is 0.639. The summed E-state index contributed by atoms with van der Waals surface area (Å²) in [5, 5.41) is 30.6. The van der Waals surface area contributed by atoms with Gasteiger partial charge in [-0.2, -0.15) is 0 Å². The summed E-state index contributed by atoms with van der Waals surface area (Å²) in [6, 6.07) is 7.74. The summed E-state index contributed by atoms with van der Waals surface area (Å²) < 4.78 is 0. The van der Waals surface area contributed by atoms with E-state index in [0.717, 1.165) is 50.6 Å². The van der Waals surface area contributed by atoms with E-state index in [-0.39, 0.29) is 31.6 Å². The monoisotopic (exact) mass is 622 g/mol. The lowest BCUT2D eigenvalue weighted by Crippen LogP contribution is -2.56. The van der Waals surface area contributed by atoms with Crippen LogP contribution in [-0.2, 0) is 20.8 Å². The lowest BCUT2D eigenvalue weighted by atomic mass is 9.82. The molecule has 0 saturated heterocycles. The van der Waals surface area contributed by atoms with E-state index in [4.69, 9.17) is 12.8 Å². The molecule has 0 spiro atoms. The molecule has 3 amide bonds. The molecule has 9 heteroatoms. The van der Waals surface area contributed by atoms with Crippen molar-refractivity contribution in [1.82, 2.24) is 20.9 Å². The number of hydrogen-bond donors (Lipinski definition) is 5. The summed E-state index contributed by atoms with van der Waals surface area (Å²) in [6.45, 7) is 4.11. The van der Waals surface area contributed by atoms with E-state index in [1.54, 1.807) is 11.9 Å². The summed E-state index contributed by atoms with van der Waals surface area (Å²) in [7, 11) is 1.73. The minimum atomic E-state index is -1.26. The van der Waals surface area contributed by atoms with Crippen molar-refractivity contribution in [2.45, 2.75) is 108 Å². The van der Waals surface area contributed by atoms with Crippen LogP contribution in [0.1, 0.15) is 83.1 Å². The normalized spacial score (nSPS) is 16.7. The average Bonchev–Trinajstić information content (AvgIpc) is 3.04. The first-order chi connectivity index (χ1) is 21.7. The number of carbonyl (C=O) groups excluding carboxylic acids is 3. The van der Waals surface area contributed by atoms with E-state index in [1.807, 2.05) is 30.3 Å². The molecule has 248 valence electrons. The Bertz CT molecular complexity index is 1110. The first-order valence-electron chi connectivity index (χ1n) is 16.5. The van der Waals surface area contributed by atoms with Gasteiger partial charge in [0.2, 0.25) is 17.7 Å². The second kappa shape index (κ2) is 21.4. The van der Waals surface area contributed by atoms with Crippen LogP contribution < -0.4 is 16.0 Å². The zero-order valence-electron chi connectivity index (χ0n) is 27.2. The molecule has 1 aromatic carbocycles. The largest absolute Gasteiger partial charge is 0.389 e. The van der Waals surface area contributed by atoms with Crippen molar-refractivity contribution in [3.8, 4) is 24.7 Å². The number of nitrogens with one attached hydrogen (secondary N) is 3. The molecular formula is C36H54N4O5. The van der Waals surface area contributed by atoms with Crippen molar-refractivity contribution in [3.63, 3.8) is 0 Å². The zero-order chi connectivity index (χ0) is 33.0. The maximum absolute atomic E-state index is 13.8. The van der Waals surface area contributed by atoms with Gasteiger partial charge in [-0.25, -0.2) is 0 Å². The van der Waals surface area contributed by atoms with Gasteiger partial charge >= 0.3 is 0 Å². The number of amides is 3. The molecule has 1 aliphatic carbocycles. The van der Waals surface area contributed by atoms with Crippen molar-refractivity contribution in [1.29, 1.82) is 0 Å². The van der Waals surface area contributed by atoms with Crippen LogP contribution in [0.5, 0.6) is 0 Å². The number of nitrogens with zero attached hydrogens (tertiary/aromatic N) is 1. The van der Waals surface area contributed by atoms with Crippen molar-refractivity contribution in [2.24, 2.45) is 11.8 Å². The standard InChI is InChI=1S/C36H54N4O5/c1-5-8-20-30(36(45)39-31(34(43)32(41)15-6-2)25-28-18-13-10-14-19-28)38-35(44)29(24-27-16-11-9-12-17-27)26-33(42)40(4)23-22-37-21-7-3/h1-2,9,11-12,16-17,28-32,34,37,41,43H,7-8,10,13-15,18-26H2,3-4H3,(H,38,44)(H,39,45)/t29?,30-,31?,32?,34+/m0/s1. The zero-order valence-corrected chi connectivity index (χ0v) is 27.2. The smallest absolute Gasteiger partial charge is 0.242 e. The molecule has 1 fully saturated rings. The summed E-state index contributed by atoms with van der Waals surface area (Å²) in [4.78, 5) is 42.3. The maximum Gasteiger partial charge on any atom is 0.242 e. The van der Waals surface area contributed by atoms with E-state index in [0.29, 0.717) is 31.8 Å². The van der Waals surface area contributed by atoms with E-state index < -0.39 is 42.0 Å². The fourth-order valence-electron chi connectivity index (χ4n) is 5.84. The Morgan fingerprint density at radius 2 is 1.71 bits per heavy atom. The van der Waals surface area contributed by atoms with Gasteiger partial charge in [0, 0.05) is 39.4 Å². The lowest BCUT2D eigenvalue weighted by Gasteiger charge is -2.33. The molecular weight excluding hydrogens is 568 g/mol. The molecule has 3 unspecified atom stereocenters. The van der Waals surface area contributed by atoms with Gasteiger partial charge in [0.25, 0.3) is 0 Å². The third kappa shape index (κ3) is 14.1. The molecule has 0 bridgehead atoms. The van der Waals surface area contributed by atoms with E-state index in [2.05, 4.69) is 34.7 Å². The summed E-state index contributed by atoms with van der Waals surface area (Å²) in [5.41, 5.74) is 0.903. The highest BCUT2D eigenvalue weighted by molar-refractivity contribution is 5.91. The Labute approximate surface area is 270 Å². The van der Waals surface area contributed by atoms with Gasteiger partial charge in [-0.05, 0) is 43.7 Å². The second-order valence-electron chi connectivity index (χ2n) is 12.3.